The highest BCUT2D eigenvalue weighted by atomic mass is 19.1. The molecule has 4 nitrogen and oxygen atoms in total. The van der Waals surface area contributed by atoms with Crippen LogP contribution < -0.4 is 5.73 Å². The molecule has 0 aliphatic rings. The van der Waals surface area contributed by atoms with Crippen LogP contribution in [-0.4, -0.2) is 29.2 Å². The Morgan fingerprint density at radius 2 is 2.20 bits per heavy atom. The Morgan fingerprint density at radius 3 is 2.87 bits per heavy atom. The molecule has 0 amide bonds. The summed E-state index contributed by atoms with van der Waals surface area (Å²) in [5.74, 6) is 0.171. The van der Waals surface area contributed by atoms with Crippen molar-refractivity contribution in [2.45, 2.75) is 6.54 Å². The standard InChI is InChI=1S/C10H13FN4/c1-15(2)5-6-3-7-9(4-8(6)11)13-14-10(7)12/h3-4H,5H2,1-2H3,(H3,12,13,14). The molecule has 0 aliphatic heterocycles. The van der Waals surface area contributed by atoms with E-state index >= 15 is 0 Å². The molecule has 0 spiro atoms. The normalized spacial score (nSPS) is 11.5. The van der Waals surface area contributed by atoms with E-state index < -0.39 is 0 Å². The molecule has 2 rings (SSSR count). The summed E-state index contributed by atoms with van der Waals surface area (Å²) in [5, 5.41) is 7.28. The summed E-state index contributed by atoms with van der Waals surface area (Å²) in [5.41, 5.74) is 6.91. The number of nitrogen functional groups attached to an aromatic ring is 1. The Labute approximate surface area is 86.9 Å². The third-order valence-corrected chi connectivity index (χ3v) is 2.25. The lowest BCUT2D eigenvalue weighted by Crippen LogP contribution is -2.11. The van der Waals surface area contributed by atoms with Crippen molar-refractivity contribution in [3.05, 3.63) is 23.5 Å². The van der Waals surface area contributed by atoms with Crippen molar-refractivity contribution in [3.63, 3.8) is 0 Å². The van der Waals surface area contributed by atoms with Crippen LogP contribution in [0.4, 0.5) is 10.2 Å². The summed E-state index contributed by atoms with van der Waals surface area (Å²) in [6, 6.07) is 3.17. The van der Waals surface area contributed by atoms with Crippen LogP contribution in [0.3, 0.4) is 0 Å². The lowest BCUT2D eigenvalue weighted by Gasteiger charge is -2.10. The number of fused-ring (bicyclic) bond motifs is 1. The predicted molar refractivity (Wildman–Crippen MR) is 57.9 cm³/mol. The van der Waals surface area contributed by atoms with Gasteiger partial charge < -0.3 is 10.6 Å². The Hall–Kier alpha value is -1.62. The van der Waals surface area contributed by atoms with E-state index in [4.69, 9.17) is 5.73 Å². The highest BCUT2D eigenvalue weighted by molar-refractivity contribution is 5.89. The topological polar surface area (TPSA) is 57.9 Å². The van der Waals surface area contributed by atoms with E-state index in [0.717, 1.165) is 5.39 Å². The lowest BCUT2D eigenvalue weighted by molar-refractivity contribution is 0.393. The van der Waals surface area contributed by atoms with E-state index in [1.807, 2.05) is 19.0 Å². The molecule has 0 saturated heterocycles. The van der Waals surface area contributed by atoms with Crippen molar-refractivity contribution in [3.8, 4) is 0 Å². The van der Waals surface area contributed by atoms with Gasteiger partial charge in [0.2, 0.25) is 0 Å². The summed E-state index contributed by atoms with van der Waals surface area (Å²) in [6.07, 6.45) is 0. The Balaban J connectivity index is 2.54. The van der Waals surface area contributed by atoms with Crippen molar-refractivity contribution in [2.24, 2.45) is 0 Å². The van der Waals surface area contributed by atoms with Crippen LogP contribution in [0.2, 0.25) is 0 Å². The van der Waals surface area contributed by atoms with Crippen LogP contribution in [0, 0.1) is 5.82 Å². The van der Waals surface area contributed by atoms with Gasteiger partial charge in [-0.15, -0.1) is 0 Å². The maximum Gasteiger partial charge on any atom is 0.153 e. The average molecular weight is 208 g/mol. The molecular formula is C10H13FN4. The Kier molecular flexibility index (Phi) is 2.32. The maximum absolute atomic E-state index is 13.6. The van der Waals surface area contributed by atoms with Crippen LogP contribution in [0.1, 0.15) is 5.56 Å². The minimum absolute atomic E-state index is 0.236. The van der Waals surface area contributed by atoms with Gasteiger partial charge in [-0.3, -0.25) is 5.10 Å². The van der Waals surface area contributed by atoms with Gasteiger partial charge in [0, 0.05) is 17.5 Å². The number of benzene rings is 1. The summed E-state index contributed by atoms with van der Waals surface area (Å²) >= 11 is 0. The number of halogens is 1. The number of aromatic amines is 1. The van der Waals surface area contributed by atoms with E-state index in [0.29, 0.717) is 23.4 Å². The molecule has 0 radical (unpaired) electrons. The Bertz CT molecular complexity index is 489. The zero-order chi connectivity index (χ0) is 11.0. The lowest BCUT2D eigenvalue weighted by atomic mass is 10.1. The zero-order valence-corrected chi connectivity index (χ0v) is 8.71. The number of H-pyrrole nitrogens is 1. The van der Waals surface area contributed by atoms with Gasteiger partial charge in [-0.25, -0.2) is 4.39 Å². The van der Waals surface area contributed by atoms with Gasteiger partial charge in [-0.2, -0.15) is 5.10 Å². The SMILES string of the molecule is CN(C)Cc1cc2c(N)n[nH]c2cc1F. The number of hydrogen-bond acceptors (Lipinski definition) is 3. The molecule has 2 aromatic rings. The van der Waals surface area contributed by atoms with Crippen molar-refractivity contribution < 1.29 is 4.39 Å². The molecule has 1 heterocycles. The van der Waals surface area contributed by atoms with Crippen molar-refractivity contribution in [1.29, 1.82) is 0 Å². The van der Waals surface area contributed by atoms with Crippen LogP contribution in [0.15, 0.2) is 12.1 Å². The van der Waals surface area contributed by atoms with Gasteiger partial charge in [0.25, 0.3) is 0 Å². The van der Waals surface area contributed by atoms with Gasteiger partial charge in [0.1, 0.15) is 5.82 Å². The number of nitrogens with one attached hydrogen (secondary N) is 1. The molecule has 0 bridgehead atoms. The Morgan fingerprint density at radius 1 is 1.47 bits per heavy atom. The summed E-state index contributed by atoms with van der Waals surface area (Å²) in [6.45, 7) is 0.548. The third kappa shape index (κ3) is 1.78. The number of hydrogen-bond donors (Lipinski definition) is 2. The van der Waals surface area contributed by atoms with Gasteiger partial charge in [0.05, 0.1) is 5.52 Å². The first kappa shape index (κ1) is 9.92. The van der Waals surface area contributed by atoms with Crippen LogP contribution >= 0.6 is 0 Å². The van der Waals surface area contributed by atoms with E-state index in [9.17, 15) is 4.39 Å². The highest BCUT2D eigenvalue weighted by Gasteiger charge is 2.09. The number of nitrogens with zero attached hydrogens (tertiary/aromatic N) is 2. The van der Waals surface area contributed by atoms with Gasteiger partial charge in [0.15, 0.2) is 5.82 Å². The molecule has 0 saturated carbocycles. The molecule has 0 atom stereocenters. The molecule has 3 N–H and O–H groups in total. The largest absolute Gasteiger partial charge is 0.382 e. The average Bonchev–Trinajstić information content (AvgIpc) is 2.48. The molecule has 5 heteroatoms. The predicted octanol–water partition coefficient (Wildman–Crippen LogP) is 1.35. The molecule has 0 unspecified atom stereocenters. The molecule has 15 heavy (non-hydrogen) atoms. The van der Waals surface area contributed by atoms with Gasteiger partial charge in [-0.1, -0.05) is 0 Å². The summed E-state index contributed by atoms with van der Waals surface area (Å²) in [7, 11) is 3.78. The molecule has 1 aromatic heterocycles. The second-order valence-corrected chi connectivity index (χ2v) is 3.84. The first-order chi connectivity index (χ1) is 7.08. The van der Waals surface area contributed by atoms with Crippen LogP contribution in [0.5, 0.6) is 0 Å². The molecular weight excluding hydrogens is 195 g/mol. The van der Waals surface area contributed by atoms with E-state index in [1.165, 1.54) is 6.07 Å². The van der Waals surface area contributed by atoms with Crippen molar-refractivity contribution in [1.82, 2.24) is 15.1 Å². The quantitative estimate of drug-likeness (QED) is 0.783. The fourth-order valence-corrected chi connectivity index (χ4v) is 1.57. The first-order valence-corrected chi connectivity index (χ1v) is 4.64. The molecule has 80 valence electrons. The summed E-state index contributed by atoms with van der Waals surface area (Å²) in [4.78, 5) is 1.90. The number of anilines is 1. The smallest absolute Gasteiger partial charge is 0.153 e. The fourth-order valence-electron chi connectivity index (χ4n) is 1.57. The minimum Gasteiger partial charge on any atom is -0.382 e. The van der Waals surface area contributed by atoms with E-state index in [-0.39, 0.29) is 5.82 Å². The van der Waals surface area contributed by atoms with Gasteiger partial charge in [-0.05, 0) is 26.2 Å². The second-order valence-electron chi connectivity index (χ2n) is 3.84. The molecule has 1 aromatic carbocycles. The number of aromatic nitrogens is 2. The second kappa shape index (κ2) is 3.51. The maximum atomic E-state index is 13.6. The first-order valence-electron chi connectivity index (χ1n) is 4.64. The fraction of sp³-hybridized carbons (Fsp3) is 0.300. The molecule has 0 aliphatic carbocycles. The minimum atomic E-state index is -0.236. The zero-order valence-electron chi connectivity index (χ0n) is 8.71. The van der Waals surface area contributed by atoms with Gasteiger partial charge >= 0.3 is 0 Å². The molecule has 0 fully saturated rings. The highest BCUT2D eigenvalue weighted by Crippen LogP contribution is 2.22. The van der Waals surface area contributed by atoms with E-state index in [1.54, 1.807) is 6.07 Å². The number of nitrogens with two attached hydrogens (primary N) is 1. The van der Waals surface area contributed by atoms with Crippen LogP contribution in [-0.2, 0) is 6.54 Å². The van der Waals surface area contributed by atoms with Crippen molar-refractivity contribution >= 4 is 16.7 Å². The number of rotatable bonds is 2. The van der Waals surface area contributed by atoms with Crippen LogP contribution in [0.25, 0.3) is 10.9 Å². The van der Waals surface area contributed by atoms with E-state index in [2.05, 4.69) is 10.2 Å². The third-order valence-electron chi connectivity index (χ3n) is 2.25. The van der Waals surface area contributed by atoms with Crippen molar-refractivity contribution in [2.75, 3.05) is 19.8 Å². The monoisotopic (exact) mass is 208 g/mol. The summed E-state index contributed by atoms with van der Waals surface area (Å²) < 4.78 is 13.6.